The molecule has 0 radical (unpaired) electrons. The van der Waals surface area contributed by atoms with Crippen LogP contribution in [0.3, 0.4) is 0 Å². The van der Waals surface area contributed by atoms with E-state index < -0.39 is 16.2 Å². The normalized spacial score (nSPS) is 15.7. The predicted molar refractivity (Wildman–Crippen MR) is 94.0 cm³/mol. The lowest BCUT2D eigenvalue weighted by Crippen LogP contribution is -2.29. The van der Waals surface area contributed by atoms with Crippen molar-refractivity contribution in [3.05, 3.63) is 41.9 Å². The molecule has 0 bridgehead atoms. The molecule has 0 amide bonds. The summed E-state index contributed by atoms with van der Waals surface area (Å²) in [6.45, 7) is 1.14. The van der Waals surface area contributed by atoms with Crippen LogP contribution in [0.5, 0.6) is 5.75 Å². The second-order valence-corrected chi connectivity index (χ2v) is 7.19. The van der Waals surface area contributed by atoms with Crippen LogP contribution in [0.4, 0.5) is 0 Å². The molecule has 2 aromatic rings. The third-order valence-electron chi connectivity index (χ3n) is 3.66. The Bertz CT molecular complexity index is 1040. The second-order valence-electron chi connectivity index (χ2n) is 5.53. The largest absolute Gasteiger partial charge is 0.497 e. The van der Waals surface area contributed by atoms with Gasteiger partial charge in [-0.2, -0.15) is 13.4 Å². The molecule has 1 aliphatic rings. The number of nitrogens with zero attached hydrogens (tertiary/aromatic N) is 4. The molecule has 27 heavy (non-hydrogen) atoms. The van der Waals surface area contributed by atoms with Crippen LogP contribution < -0.4 is 4.74 Å². The minimum atomic E-state index is -3.79. The van der Waals surface area contributed by atoms with Crippen LogP contribution in [0.2, 0.25) is 0 Å². The zero-order chi connectivity index (χ0) is 19.6. The Morgan fingerprint density at radius 3 is 2.85 bits per heavy atom. The van der Waals surface area contributed by atoms with E-state index in [1.165, 1.54) is 14.0 Å². The summed E-state index contributed by atoms with van der Waals surface area (Å²) in [5.74, 6) is 0.302. The van der Waals surface area contributed by atoms with E-state index in [2.05, 4.69) is 14.5 Å². The van der Waals surface area contributed by atoms with E-state index in [1.54, 1.807) is 31.4 Å². The van der Waals surface area contributed by atoms with Crippen molar-refractivity contribution in [3.63, 3.8) is 0 Å². The number of hydrogen-bond acceptors (Lipinski definition) is 8. The average Bonchev–Trinajstić information content (AvgIpc) is 3.11. The van der Waals surface area contributed by atoms with E-state index in [9.17, 15) is 13.2 Å². The molecule has 0 saturated heterocycles. The van der Waals surface area contributed by atoms with Crippen LogP contribution in [0.15, 0.2) is 45.0 Å². The third kappa shape index (κ3) is 3.97. The number of carbonyl (C=O) groups excluding carboxylic acids is 1. The first-order valence-corrected chi connectivity index (χ1v) is 9.10. The van der Waals surface area contributed by atoms with Crippen LogP contribution in [-0.4, -0.2) is 48.7 Å². The summed E-state index contributed by atoms with van der Waals surface area (Å²) in [6, 6.07) is 7.09. The molecule has 0 N–H and O–H groups in total. The number of hydrogen-bond donors (Lipinski definition) is 0. The first kappa shape index (κ1) is 18.6. The standard InChI is InChI=1S/C16H16N4O6S/c1-10-13(8-20(2)27(22,23)19-10)16(21)25-9-14-17-15(18-26-14)11-5-4-6-12(7-11)24-3/h4-8H,9H2,1-3H3. The van der Waals surface area contributed by atoms with Gasteiger partial charge >= 0.3 is 16.2 Å². The minimum Gasteiger partial charge on any atom is -0.497 e. The lowest BCUT2D eigenvalue weighted by atomic mass is 10.2. The van der Waals surface area contributed by atoms with E-state index in [1.807, 2.05) is 0 Å². The molecule has 3 rings (SSSR count). The first-order chi connectivity index (χ1) is 12.8. The van der Waals surface area contributed by atoms with E-state index in [-0.39, 0.29) is 23.8 Å². The molecule has 0 unspecified atom stereocenters. The zero-order valence-corrected chi connectivity index (χ0v) is 15.6. The van der Waals surface area contributed by atoms with E-state index in [4.69, 9.17) is 14.0 Å². The molecular weight excluding hydrogens is 376 g/mol. The molecule has 142 valence electrons. The minimum absolute atomic E-state index is 0.0276. The van der Waals surface area contributed by atoms with Crippen LogP contribution in [0, 0.1) is 0 Å². The fourth-order valence-corrected chi connectivity index (χ4v) is 3.04. The first-order valence-electron chi connectivity index (χ1n) is 7.71. The molecule has 0 atom stereocenters. The second kappa shape index (κ2) is 7.19. The number of esters is 1. The summed E-state index contributed by atoms with van der Waals surface area (Å²) >= 11 is 0. The number of benzene rings is 1. The van der Waals surface area contributed by atoms with E-state index in [0.717, 1.165) is 10.5 Å². The van der Waals surface area contributed by atoms with Gasteiger partial charge in [0.1, 0.15) is 5.75 Å². The highest BCUT2D eigenvalue weighted by atomic mass is 32.2. The maximum atomic E-state index is 12.2. The van der Waals surface area contributed by atoms with Crippen molar-refractivity contribution >= 4 is 21.9 Å². The highest BCUT2D eigenvalue weighted by molar-refractivity contribution is 7.88. The van der Waals surface area contributed by atoms with Gasteiger partial charge in [-0.15, -0.1) is 4.40 Å². The molecule has 11 heteroatoms. The lowest BCUT2D eigenvalue weighted by molar-refractivity contribution is -0.140. The highest BCUT2D eigenvalue weighted by Gasteiger charge is 2.26. The maximum absolute atomic E-state index is 12.2. The Labute approximate surface area is 155 Å². The number of ether oxygens (including phenoxy) is 2. The van der Waals surface area contributed by atoms with Crippen molar-refractivity contribution in [2.24, 2.45) is 4.40 Å². The zero-order valence-electron chi connectivity index (χ0n) is 14.7. The van der Waals surface area contributed by atoms with Gasteiger partial charge in [0.05, 0.1) is 18.4 Å². The Hall–Kier alpha value is -3.21. The fraction of sp³-hybridized carbons (Fsp3) is 0.250. The van der Waals surface area contributed by atoms with Gasteiger partial charge in [-0.05, 0) is 19.1 Å². The number of aromatic nitrogens is 2. The van der Waals surface area contributed by atoms with Gasteiger partial charge < -0.3 is 14.0 Å². The fourth-order valence-electron chi connectivity index (χ4n) is 2.23. The molecule has 1 aromatic heterocycles. The average molecular weight is 392 g/mol. The molecule has 1 aliphatic heterocycles. The maximum Gasteiger partial charge on any atom is 0.344 e. The number of rotatable bonds is 5. The monoisotopic (exact) mass is 392 g/mol. The number of carbonyl (C=O) groups is 1. The van der Waals surface area contributed by atoms with Crippen molar-refractivity contribution in [3.8, 4) is 17.1 Å². The molecule has 10 nitrogen and oxygen atoms in total. The van der Waals surface area contributed by atoms with Crippen LogP contribution >= 0.6 is 0 Å². The van der Waals surface area contributed by atoms with Gasteiger partial charge in [0.25, 0.3) is 5.89 Å². The van der Waals surface area contributed by atoms with Crippen LogP contribution in [0.25, 0.3) is 11.4 Å². The van der Waals surface area contributed by atoms with Gasteiger partial charge in [-0.25, -0.2) is 4.79 Å². The van der Waals surface area contributed by atoms with E-state index >= 15 is 0 Å². The highest BCUT2D eigenvalue weighted by Crippen LogP contribution is 2.21. The molecule has 1 aromatic carbocycles. The summed E-state index contributed by atoms with van der Waals surface area (Å²) < 4.78 is 42.9. The Kier molecular flexibility index (Phi) is 4.95. The molecule has 0 saturated carbocycles. The third-order valence-corrected chi connectivity index (χ3v) is 5.00. The van der Waals surface area contributed by atoms with Gasteiger partial charge in [-0.1, -0.05) is 17.3 Å². The lowest BCUT2D eigenvalue weighted by Gasteiger charge is -2.18. The molecular formula is C16H16N4O6S. The van der Waals surface area contributed by atoms with Gasteiger partial charge in [0.15, 0.2) is 6.61 Å². The topological polar surface area (TPSA) is 124 Å². The summed E-state index contributed by atoms with van der Waals surface area (Å²) in [5, 5.41) is 3.84. The summed E-state index contributed by atoms with van der Waals surface area (Å²) in [4.78, 5) is 16.4. The Morgan fingerprint density at radius 2 is 2.11 bits per heavy atom. The van der Waals surface area contributed by atoms with Gasteiger partial charge in [-0.3, -0.25) is 4.31 Å². The van der Waals surface area contributed by atoms with E-state index in [0.29, 0.717) is 17.1 Å². The molecule has 0 spiro atoms. The molecule has 2 heterocycles. The quantitative estimate of drug-likeness (QED) is 0.698. The van der Waals surface area contributed by atoms with Crippen LogP contribution in [0.1, 0.15) is 12.8 Å². The Morgan fingerprint density at radius 1 is 1.33 bits per heavy atom. The summed E-state index contributed by atoms with van der Waals surface area (Å²) in [6.07, 6.45) is 1.15. The van der Waals surface area contributed by atoms with Crippen molar-refractivity contribution in [1.29, 1.82) is 0 Å². The SMILES string of the molecule is COc1cccc(-c2noc(COC(=O)C3=CN(C)S(=O)(=O)N=C3C)n2)c1. The van der Waals surface area contributed by atoms with Crippen molar-refractivity contribution in [1.82, 2.24) is 14.4 Å². The van der Waals surface area contributed by atoms with Crippen molar-refractivity contribution < 1.29 is 27.2 Å². The summed E-state index contributed by atoms with van der Waals surface area (Å²) in [7, 11) is -0.967. The van der Waals surface area contributed by atoms with Crippen LogP contribution in [-0.2, 0) is 26.3 Å². The number of methoxy groups -OCH3 is 1. The van der Waals surface area contributed by atoms with Gasteiger partial charge in [0, 0.05) is 18.8 Å². The van der Waals surface area contributed by atoms with Gasteiger partial charge in [0.2, 0.25) is 5.82 Å². The molecule has 0 fully saturated rings. The summed E-state index contributed by atoms with van der Waals surface area (Å²) in [5.41, 5.74) is 0.751. The van der Waals surface area contributed by atoms with Crippen molar-refractivity contribution in [2.75, 3.05) is 14.2 Å². The molecule has 0 aliphatic carbocycles. The van der Waals surface area contributed by atoms with Crippen molar-refractivity contribution in [2.45, 2.75) is 13.5 Å². The smallest absolute Gasteiger partial charge is 0.344 e. The Balaban J connectivity index is 1.68. The predicted octanol–water partition coefficient (Wildman–Crippen LogP) is 1.32.